The number of carboxylic acid groups (broad SMARTS) is 1. The Hall–Kier alpha value is -3.91. The van der Waals surface area contributed by atoms with Crippen molar-refractivity contribution in [2.24, 2.45) is 0 Å². The van der Waals surface area contributed by atoms with Crippen LogP contribution in [0.15, 0.2) is 53.5 Å². The van der Waals surface area contributed by atoms with Gasteiger partial charge >= 0.3 is 5.97 Å². The summed E-state index contributed by atoms with van der Waals surface area (Å²) in [4.78, 5) is 36.1. The number of halogens is 1. The first-order chi connectivity index (χ1) is 16.7. The van der Waals surface area contributed by atoms with E-state index in [0.29, 0.717) is 35.8 Å². The number of hydrogen-bond acceptors (Lipinski definition) is 6. The SMILES string of the molecule is Cc1cc(C(C)Nc2ccc(Cl)nc2C(=O)O)c2nc(N3Cc4ccccc4C3)c(C)c(=O)n2c1. The molecule has 3 aromatic heterocycles. The van der Waals surface area contributed by atoms with Crippen molar-refractivity contribution in [2.75, 3.05) is 10.2 Å². The van der Waals surface area contributed by atoms with Crippen molar-refractivity contribution >= 4 is 34.7 Å². The van der Waals surface area contributed by atoms with Crippen molar-refractivity contribution in [1.82, 2.24) is 14.4 Å². The van der Waals surface area contributed by atoms with Crippen LogP contribution >= 0.6 is 11.6 Å². The second-order valence-electron chi connectivity index (χ2n) is 8.86. The minimum absolute atomic E-state index is 0.0987. The number of carbonyl (C=O) groups is 1. The van der Waals surface area contributed by atoms with Gasteiger partial charge in [-0.2, -0.15) is 0 Å². The molecule has 2 N–H and O–H groups in total. The number of pyridine rings is 2. The molecule has 1 aromatic carbocycles. The van der Waals surface area contributed by atoms with Crippen molar-refractivity contribution in [3.63, 3.8) is 0 Å². The van der Waals surface area contributed by atoms with Gasteiger partial charge in [-0.15, -0.1) is 0 Å². The topological polar surface area (TPSA) is 99.8 Å². The van der Waals surface area contributed by atoms with E-state index < -0.39 is 5.97 Å². The normalized spacial score (nSPS) is 13.7. The Morgan fingerprint density at radius 3 is 2.46 bits per heavy atom. The molecule has 0 amide bonds. The molecule has 0 saturated carbocycles. The third kappa shape index (κ3) is 4.10. The fraction of sp³-hybridized carbons (Fsp3) is 0.231. The average molecular weight is 490 g/mol. The van der Waals surface area contributed by atoms with Gasteiger partial charge in [-0.3, -0.25) is 9.20 Å². The van der Waals surface area contributed by atoms with Gasteiger partial charge in [0, 0.05) is 24.8 Å². The Balaban J connectivity index is 1.60. The summed E-state index contributed by atoms with van der Waals surface area (Å²) >= 11 is 5.90. The molecule has 0 bridgehead atoms. The van der Waals surface area contributed by atoms with Crippen LogP contribution < -0.4 is 15.8 Å². The smallest absolute Gasteiger partial charge is 0.356 e. The third-order valence-corrected chi connectivity index (χ3v) is 6.54. The molecule has 35 heavy (non-hydrogen) atoms. The zero-order valence-corrected chi connectivity index (χ0v) is 20.3. The van der Waals surface area contributed by atoms with Crippen LogP contribution in [0.25, 0.3) is 5.65 Å². The summed E-state index contributed by atoms with van der Waals surface area (Å²) in [6, 6.07) is 12.9. The van der Waals surface area contributed by atoms with Gasteiger partial charge in [-0.25, -0.2) is 14.8 Å². The third-order valence-electron chi connectivity index (χ3n) is 6.33. The molecule has 1 unspecified atom stereocenters. The number of carboxylic acids is 1. The highest BCUT2D eigenvalue weighted by Gasteiger charge is 2.25. The van der Waals surface area contributed by atoms with E-state index >= 15 is 0 Å². The maximum Gasteiger partial charge on any atom is 0.356 e. The van der Waals surface area contributed by atoms with Crippen LogP contribution in [-0.2, 0) is 13.1 Å². The lowest BCUT2D eigenvalue weighted by Crippen LogP contribution is -2.27. The Morgan fingerprint density at radius 1 is 1.11 bits per heavy atom. The van der Waals surface area contributed by atoms with Gasteiger partial charge in [-0.05, 0) is 55.7 Å². The molecule has 1 atom stereocenters. The molecule has 0 radical (unpaired) electrons. The largest absolute Gasteiger partial charge is 0.476 e. The number of nitrogens with zero attached hydrogens (tertiary/aromatic N) is 4. The van der Waals surface area contributed by atoms with E-state index in [2.05, 4.69) is 27.3 Å². The van der Waals surface area contributed by atoms with Crippen molar-refractivity contribution in [3.05, 3.63) is 97.7 Å². The van der Waals surface area contributed by atoms with Crippen LogP contribution in [0.4, 0.5) is 11.5 Å². The van der Waals surface area contributed by atoms with E-state index in [1.807, 2.05) is 39.0 Å². The predicted molar refractivity (Wildman–Crippen MR) is 136 cm³/mol. The summed E-state index contributed by atoms with van der Waals surface area (Å²) in [6.07, 6.45) is 1.78. The lowest BCUT2D eigenvalue weighted by Gasteiger charge is -2.23. The number of fused-ring (bicyclic) bond motifs is 2. The van der Waals surface area contributed by atoms with Gasteiger partial charge in [-0.1, -0.05) is 35.9 Å². The van der Waals surface area contributed by atoms with E-state index in [0.717, 1.165) is 11.1 Å². The predicted octanol–water partition coefficient (Wildman–Crippen LogP) is 4.75. The van der Waals surface area contributed by atoms with E-state index in [-0.39, 0.29) is 22.4 Å². The Labute approximate surface area is 206 Å². The van der Waals surface area contributed by atoms with Gasteiger partial charge in [0.15, 0.2) is 5.69 Å². The molecule has 0 fully saturated rings. The number of aromatic carboxylic acids is 1. The van der Waals surface area contributed by atoms with Crippen LogP contribution in [0, 0.1) is 13.8 Å². The highest BCUT2D eigenvalue weighted by molar-refractivity contribution is 6.29. The zero-order chi connectivity index (χ0) is 24.9. The molecule has 5 rings (SSSR count). The Kier molecular flexibility index (Phi) is 5.68. The molecule has 9 heteroatoms. The summed E-state index contributed by atoms with van der Waals surface area (Å²) < 4.78 is 1.57. The van der Waals surface area contributed by atoms with Crippen LogP contribution in [0.1, 0.15) is 51.3 Å². The fourth-order valence-electron chi connectivity index (χ4n) is 4.62. The molecule has 0 spiro atoms. The van der Waals surface area contributed by atoms with Gasteiger partial charge in [0.1, 0.15) is 16.6 Å². The molecule has 1 aliphatic heterocycles. The fourth-order valence-corrected chi connectivity index (χ4v) is 4.77. The highest BCUT2D eigenvalue weighted by atomic mass is 35.5. The number of aromatic nitrogens is 3. The quantitative estimate of drug-likeness (QED) is 0.390. The van der Waals surface area contributed by atoms with Gasteiger partial charge in [0.25, 0.3) is 5.56 Å². The van der Waals surface area contributed by atoms with Crippen LogP contribution in [0.2, 0.25) is 5.15 Å². The van der Waals surface area contributed by atoms with Crippen molar-refractivity contribution < 1.29 is 9.90 Å². The molecule has 0 aliphatic carbocycles. The van der Waals surface area contributed by atoms with Crippen molar-refractivity contribution in [2.45, 2.75) is 39.9 Å². The average Bonchev–Trinajstić information content (AvgIpc) is 3.26. The number of rotatable bonds is 5. The molecule has 0 saturated heterocycles. The highest BCUT2D eigenvalue weighted by Crippen LogP contribution is 2.31. The molecule has 178 valence electrons. The Bertz CT molecular complexity index is 1520. The lowest BCUT2D eigenvalue weighted by atomic mass is 10.1. The van der Waals surface area contributed by atoms with Gasteiger partial charge in [0.2, 0.25) is 0 Å². The molecule has 4 heterocycles. The first kappa shape index (κ1) is 22.9. The molecular formula is C26H24ClN5O3. The van der Waals surface area contributed by atoms with E-state index in [1.54, 1.807) is 16.7 Å². The summed E-state index contributed by atoms with van der Waals surface area (Å²) in [5.74, 6) is -0.528. The Morgan fingerprint density at radius 2 is 1.80 bits per heavy atom. The van der Waals surface area contributed by atoms with Crippen LogP contribution in [-0.4, -0.2) is 25.4 Å². The minimum atomic E-state index is -1.18. The molecule has 4 aromatic rings. The van der Waals surface area contributed by atoms with Crippen LogP contribution in [0.5, 0.6) is 0 Å². The van der Waals surface area contributed by atoms with Gasteiger partial charge < -0.3 is 15.3 Å². The zero-order valence-electron chi connectivity index (χ0n) is 19.5. The van der Waals surface area contributed by atoms with E-state index in [1.165, 1.54) is 17.2 Å². The molecular weight excluding hydrogens is 466 g/mol. The number of anilines is 2. The summed E-state index contributed by atoms with van der Waals surface area (Å²) in [5, 5.41) is 12.9. The van der Waals surface area contributed by atoms with Gasteiger partial charge in [0.05, 0.1) is 17.3 Å². The van der Waals surface area contributed by atoms with Crippen molar-refractivity contribution in [3.8, 4) is 0 Å². The minimum Gasteiger partial charge on any atom is -0.476 e. The van der Waals surface area contributed by atoms with Crippen molar-refractivity contribution in [1.29, 1.82) is 0 Å². The number of nitrogens with one attached hydrogen (secondary N) is 1. The number of hydrogen-bond donors (Lipinski definition) is 2. The summed E-state index contributed by atoms with van der Waals surface area (Å²) in [5.41, 5.74) is 5.26. The molecule has 8 nitrogen and oxygen atoms in total. The molecule has 1 aliphatic rings. The second kappa shape index (κ2) is 8.70. The standard InChI is InChI=1S/C26H24ClN5O3/c1-14-10-19(16(3)28-20-8-9-21(27)29-22(20)26(34)35)24-30-23(15(2)25(33)32(24)11-14)31-12-17-6-4-5-7-18(17)13-31/h4-11,16,28H,12-13H2,1-3H3,(H,34,35). The number of benzene rings is 1. The lowest BCUT2D eigenvalue weighted by molar-refractivity contribution is 0.0691. The maximum atomic E-state index is 13.4. The van der Waals surface area contributed by atoms with Crippen LogP contribution in [0.3, 0.4) is 0 Å². The summed E-state index contributed by atoms with van der Waals surface area (Å²) in [6.45, 7) is 6.99. The summed E-state index contributed by atoms with van der Waals surface area (Å²) in [7, 11) is 0. The first-order valence-corrected chi connectivity index (χ1v) is 11.6. The maximum absolute atomic E-state index is 13.4. The first-order valence-electron chi connectivity index (χ1n) is 11.2. The number of aryl methyl sites for hydroxylation is 1. The second-order valence-corrected chi connectivity index (χ2v) is 9.25. The van der Waals surface area contributed by atoms with E-state index in [4.69, 9.17) is 16.6 Å². The monoisotopic (exact) mass is 489 g/mol. The van der Waals surface area contributed by atoms with E-state index in [9.17, 15) is 14.7 Å².